The second kappa shape index (κ2) is 8.45. The van der Waals surface area contributed by atoms with Gasteiger partial charge in [0.05, 0.1) is 11.2 Å². The number of nitrogens with one attached hydrogen (secondary N) is 2. The Kier molecular flexibility index (Phi) is 6.87. The largest absolute Gasteiger partial charge is 0.497 e. The Balaban J connectivity index is 1.93. The molecule has 0 bridgehead atoms. The summed E-state index contributed by atoms with van der Waals surface area (Å²) >= 11 is 0. The lowest BCUT2D eigenvalue weighted by Gasteiger charge is -2.32. The van der Waals surface area contributed by atoms with Gasteiger partial charge in [0.1, 0.15) is 5.60 Å². The number of allylic oxidation sites excluding steroid dienone is 1. The quantitative estimate of drug-likeness (QED) is 0.564. The third kappa shape index (κ3) is 5.73. The molecule has 0 saturated carbocycles. The Bertz CT molecular complexity index is 597. The van der Waals surface area contributed by atoms with Crippen LogP contribution in [0.2, 0.25) is 0 Å². The molecule has 2 aliphatic rings. The van der Waals surface area contributed by atoms with Crippen LogP contribution in [0.1, 0.15) is 67.7 Å². The van der Waals surface area contributed by atoms with Gasteiger partial charge in [-0.05, 0) is 73.9 Å². The first-order valence-electron chi connectivity index (χ1n) is 10.1. The van der Waals surface area contributed by atoms with Gasteiger partial charge in [0.2, 0.25) is 0 Å². The van der Waals surface area contributed by atoms with E-state index in [1.807, 2.05) is 54.7 Å². The van der Waals surface area contributed by atoms with Crippen molar-refractivity contribution >= 4 is 19.4 Å². The summed E-state index contributed by atoms with van der Waals surface area (Å²) in [6.45, 7) is 15.0. The third-order valence-corrected chi connectivity index (χ3v) is 5.56. The van der Waals surface area contributed by atoms with E-state index in [9.17, 15) is 4.79 Å². The summed E-state index contributed by atoms with van der Waals surface area (Å²) in [7, 11) is -0.556. The highest BCUT2D eigenvalue weighted by atomic mass is 16.7. The lowest BCUT2D eigenvalue weighted by atomic mass is 9.79. The van der Waals surface area contributed by atoms with E-state index in [4.69, 9.17) is 19.5 Å². The summed E-state index contributed by atoms with van der Waals surface area (Å²) in [5.41, 5.74) is -0.691. The zero-order chi connectivity index (χ0) is 21.2. The summed E-state index contributed by atoms with van der Waals surface area (Å²) in [5.74, 6) is 0. The molecule has 0 radical (unpaired) electrons. The van der Waals surface area contributed by atoms with E-state index in [-0.39, 0.29) is 12.1 Å². The van der Waals surface area contributed by atoms with Crippen LogP contribution in [0.25, 0.3) is 0 Å². The van der Waals surface area contributed by atoms with Gasteiger partial charge >= 0.3 is 13.2 Å². The minimum absolute atomic E-state index is 0.227. The molecule has 0 aromatic rings. The molecule has 2 fully saturated rings. The number of carbonyl (C=O) groups excluding carboxylic acids is 1. The van der Waals surface area contributed by atoms with Crippen molar-refractivity contribution in [1.29, 1.82) is 5.41 Å². The Hall–Kier alpha value is -1.54. The maximum atomic E-state index is 12.3. The predicted octanol–water partition coefficient (Wildman–Crippen LogP) is 3.53. The first kappa shape index (κ1) is 22.8. The molecule has 2 aliphatic heterocycles. The van der Waals surface area contributed by atoms with Crippen molar-refractivity contribution < 1.29 is 18.8 Å². The monoisotopic (exact) mass is 393 g/mol. The van der Waals surface area contributed by atoms with Gasteiger partial charge in [-0.25, -0.2) is 4.79 Å². The van der Waals surface area contributed by atoms with Crippen LogP contribution in [-0.2, 0) is 14.0 Å². The van der Waals surface area contributed by atoms with Crippen molar-refractivity contribution in [1.82, 2.24) is 10.2 Å². The van der Waals surface area contributed by atoms with Crippen LogP contribution in [0.15, 0.2) is 11.7 Å². The maximum Gasteiger partial charge on any atom is 0.497 e. The first-order chi connectivity index (χ1) is 12.8. The molecule has 0 aliphatic carbocycles. The van der Waals surface area contributed by atoms with Gasteiger partial charge in [-0.2, -0.15) is 0 Å². The lowest BCUT2D eigenvalue weighted by Crippen LogP contribution is -2.41. The van der Waals surface area contributed by atoms with Crippen LogP contribution in [-0.4, -0.2) is 60.3 Å². The van der Waals surface area contributed by atoms with Crippen molar-refractivity contribution in [2.45, 2.75) is 90.6 Å². The van der Waals surface area contributed by atoms with Gasteiger partial charge in [-0.1, -0.05) is 0 Å². The number of hydrogen-bond acceptors (Lipinski definition) is 6. The molecule has 1 atom stereocenters. The van der Waals surface area contributed by atoms with Crippen molar-refractivity contribution in [3.63, 3.8) is 0 Å². The maximum absolute atomic E-state index is 12.3. The molecule has 0 aromatic carbocycles. The summed E-state index contributed by atoms with van der Waals surface area (Å²) in [6.07, 6.45) is 5.53. The number of rotatable bonds is 4. The van der Waals surface area contributed by atoms with Gasteiger partial charge in [-0.3, -0.25) is 0 Å². The van der Waals surface area contributed by atoms with Crippen LogP contribution in [0.5, 0.6) is 0 Å². The normalized spacial score (nSPS) is 25.2. The highest BCUT2D eigenvalue weighted by Crippen LogP contribution is 2.38. The Morgan fingerprint density at radius 3 is 2.32 bits per heavy atom. The summed E-state index contributed by atoms with van der Waals surface area (Å²) < 4.78 is 17.5. The first-order valence-corrected chi connectivity index (χ1v) is 10.1. The molecular formula is C20H36BN3O4. The SMILES string of the molecule is CC(C)(C)OC(=O)N1CCCC(N/C=C(\C=N)B2OC(C)(C)C(C)(C)O2)CC1. The Morgan fingerprint density at radius 2 is 1.79 bits per heavy atom. The van der Waals surface area contributed by atoms with Gasteiger partial charge < -0.3 is 29.7 Å². The van der Waals surface area contributed by atoms with E-state index in [0.29, 0.717) is 18.6 Å². The predicted molar refractivity (Wildman–Crippen MR) is 112 cm³/mol. The summed E-state index contributed by atoms with van der Waals surface area (Å²) in [5, 5.41) is 11.2. The van der Waals surface area contributed by atoms with Crippen molar-refractivity contribution in [3.8, 4) is 0 Å². The summed E-state index contributed by atoms with van der Waals surface area (Å²) in [4.78, 5) is 14.1. The molecular weight excluding hydrogens is 357 g/mol. The molecule has 0 aromatic heterocycles. The van der Waals surface area contributed by atoms with Gasteiger partial charge in [0.25, 0.3) is 0 Å². The van der Waals surface area contributed by atoms with Crippen LogP contribution in [0.4, 0.5) is 4.79 Å². The molecule has 2 saturated heterocycles. The third-order valence-electron chi connectivity index (χ3n) is 5.56. The molecule has 28 heavy (non-hydrogen) atoms. The van der Waals surface area contributed by atoms with Crippen molar-refractivity contribution in [2.24, 2.45) is 0 Å². The van der Waals surface area contributed by atoms with Crippen LogP contribution in [0.3, 0.4) is 0 Å². The highest BCUT2D eigenvalue weighted by molar-refractivity contribution is 6.60. The minimum atomic E-state index is -0.556. The summed E-state index contributed by atoms with van der Waals surface area (Å²) in [6, 6.07) is 0.227. The van der Waals surface area contributed by atoms with Gasteiger partial charge in [-0.15, -0.1) is 0 Å². The minimum Gasteiger partial charge on any atom is -0.444 e. The standard InChI is InChI=1S/C20H36BN3O4/c1-18(2,3)26-17(25)24-11-8-9-16(10-12-24)23-14-15(13-22)21-27-19(4,5)20(6,7)28-21/h13-14,16,22-23H,8-12H2,1-7H3/b15-14+,22-13?. The van der Waals surface area contributed by atoms with Crippen molar-refractivity contribution in [3.05, 3.63) is 11.7 Å². The number of carbonyl (C=O) groups is 1. The average molecular weight is 393 g/mol. The fraction of sp³-hybridized carbons (Fsp3) is 0.800. The van der Waals surface area contributed by atoms with E-state index in [0.717, 1.165) is 19.3 Å². The molecule has 2 heterocycles. The second-order valence-corrected chi connectivity index (χ2v) is 9.64. The fourth-order valence-electron chi connectivity index (χ4n) is 3.14. The molecule has 8 heteroatoms. The van der Waals surface area contributed by atoms with Gasteiger partial charge in [0.15, 0.2) is 0 Å². The smallest absolute Gasteiger partial charge is 0.444 e. The number of nitrogens with zero attached hydrogens (tertiary/aromatic N) is 1. The lowest BCUT2D eigenvalue weighted by molar-refractivity contribution is 0.00578. The molecule has 2 N–H and O–H groups in total. The topological polar surface area (TPSA) is 83.9 Å². The Morgan fingerprint density at radius 1 is 1.18 bits per heavy atom. The molecule has 158 valence electrons. The molecule has 2 rings (SSSR count). The van der Waals surface area contributed by atoms with Crippen LogP contribution in [0, 0.1) is 5.41 Å². The zero-order valence-corrected chi connectivity index (χ0v) is 18.4. The molecule has 1 amide bonds. The average Bonchev–Trinajstić information content (AvgIpc) is 2.71. The number of likely N-dealkylation sites (tertiary alicyclic amines) is 1. The number of amides is 1. The fourth-order valence-corrected chi connectivity index (χ4v) is 3.14. The van der Waals surface area contributed by atoms with Crippen LogP contribution < -0.4 is 5.32 Å². The number of hydrogen-bond donors (Lipinski definition) is 2. The van der Waals surface area contributed by atoms with Crippen molar-refractivity contribution in [2.75, 3.05) is 13.1 Å². The van der Waals surface area contributed by atoms with E-state index < -0.39 is 23.9 Å². The van der Waals surface area contributed by atoms with E-state index in [1.165, 1.54) is 6.21 Å². The molecule has 1 unspecified atom stereocenters. The zero-order valence-electron chi connectivity index (χ0n) is 18.4. The highest BCUT2D eigenvalue weighted by Gasteiger charge is 2.52. The number of ether oxygens (including phenoxy) is 1. The van der Waals surface area contributed by atoms with E-state index in [1.54, 1.807) is 4.90 Å². The second-order valence-electron chi connectivity index (χ2n) is 9.64. The molecule has 7 nitrogen and oxygen atoms in total. The van der Waals surface area contributed by atoms with E-state index >= 15 is 0 Å². The van der Waals surface area contributed by atoms with Gasteiger partial charge in [0, 0.05) is 30.8 Å². The molecule has 0 spiro atoms. The van der Waals surface area contributed by atoms with E-state index in [2.05, 4.69) is 5.32 Å². The Labute approximate surface area is 169 Å². The van der Waals surface area contributed by atoms with Crippen LogP contribution >= 0.6 is 0 Å².